The number of nitrogens with one attached hydrogen (secondary N) is 2. The Bertz CT molecular complexity index is 733. The van der Waals surface area contributed by atoms with Gasteiger partial charge in [0.15, 0.2) is 0 Å². The highest BCUT2D eigenvalue weighted by Gasteiger charge is 2.22. The molecule has 0 aliphatic rings. The Kier molecular flexibility index (Phi) is 4.68. The molecule has 0 bridgehead atoms. The monoisotopic (exact) mass is 316 g/mol. The summed E-state index contributed by atoms with van der Waals surface area (Å²) >= 11 is 0. The number of amides is 1. The predicted molar refractivity (Wildman–Crippen MR) is 88.1 cm³/mol. The Hall–Kier alpha value is -2.83. The number of carbonyl (C=O) groups is 2. The van der Waals surface area contributed by atoms with Crippen molar-refractivity contribution in [3.05, 3.63) is 40.8 Å². The average Bonchev–Trinajstić information content (AvgIpc) is 2.82. The van der Waals surface area contributed by atoms with Gasteiger partial charge in [-0.2, -0.15) is 0 Å². The Balaban J connectivity index is 2.23. The normalized spacial score (nSPS) is 10.3. The van der Waals surface area contributed by atoms with E-state index < -0.39 is 5.97 Å². The Morgan fingerprint density at radius 2 is 1.96 bits per heavy atom. The van der Waals surface area contributed by atoms with Crippen LogP contribution < -0.4 is 10.2 Å². The fourth-order valence-corrected chi connectivity index (χ4v) is 2.30. The lowest BCUT2D eigenvalue weighted by molar-refractivity contribution is 0.0599. The number of ether oxygens (including phenoxy) is 1. The first-order chi connectivity index (χ1) is 10.8. The number of H-pyrrole nitrogens is 1. The SMILES string of the molecule is COC(=O)c1c(C)[nH]c(C(=O)Nc2ccc(N(C)C)nc2)c1C. The number of hydrogen-bond donors (Lipinski definition) is 2. The first kappa shape index (κ1) is 16.5. The van der Waals surface area contributed by atoms with E-state index in [9.17, 15) is 9.59 Å². The molecule has 0 saturated carbocycles. The third kappa shape index (κ3) is 3.33. The van der Waals surface area contributed by atoms with Crippen molar-refractivity contribution in [2.75, 3.05) is 31.4 Å². The van der Waals surface area contributed by atoms with Crippen molar-refractivity contribution in [3.8, 4) is 0 Å². The lowest BCUT2D eigenvalue weighted by Crippen LogP contribution is -2.15. The van der Waals surface area contributed by atoms with Crippen molar-refractivity contribution < 1.29 is 14.3 Å². The summed E-state index contributed by atoms with van der Waals surface area (Å²) in [6.07, 6.45) is 1.58. The van der Waals surface area contributed by atoms with E-state index in [0.717, 1.165) is 5.82 Å². The van der Waals surface area contributed by atoms with E-state index in [4.69, 9.17) is 4.74 Å². The van der Waals surface area contributed by atoms with Gasteiger partial charge in [-0.1, -0.05) is 0 Å². The van der Waals surface area contributed by atoms with Crippen LogP contribution in [0.5, 0.6) is 0 Å². The molecule has 2 N–H and O–H groups in total. The van der Waals surface area contributed by atoms with Crippen LogP contribution >= 0.6 is 0 Å². The maximum atomic E-state index is 12.4. The summed E-state index contributed by atoms with van der Waals surface area (Å²) in [6.45, 7) is 3.43. The molecule has 2 rings (SSSR count). The fourth-order valence-electron chi connectivity index (χ4n) is 2.30. The van der Waals surface area contributed by atoms with Gasteiger partial charge in [0, 0.05) is 19.8 Å². The molecule has 2 aromatic heterocycles. The van der Waals surface area contributed by atoms with Crippen LogP contribution in [0.1, 0.15) is 32.1 Å². The maximum absolute atomic E-state index is 12.4. The van der Waals surface area contributed by atoms with Gasteiger partial charge in [-0.3, -0.25) is 4.79 Å². The number of aromatic amines is 1. The van der Waals surface area contributed by atoms with Crippen LogP contribution in [-0.2, 0) is 4.74 Å². The molecule has 0 aliphatic heterocycles. The molecule has 0 aromatic carbocycles. The van der Waals surface area contributed by atoms with Crippen LogP contribution in [0.2, 0.25) is 0 Å². The Morgan fingerprint density at radius 3 is 2.48 bits per heavy atom. The Morgan fingerprint density at radius 1 is 1.26 bits per heavy atom. The average molecular weight is 316 g/mol. The topological polar surface area (TPSA) is 87.3 Å². The highest BCUT2D eigenvalue weighted by atomic mass is 16.5. The predicted octanol–water partition coefficient (Wildman–Crippen LogP) is 2.13. The number of anilines is 2. The third-order valence-electron chi connectivity index (χ3n) is 3.52. The molecule has 122 valence electrons. The zero-order chi connectivity index (χ0) is 17.1. The molecule has 0 atom stereocenters. The number of nitrogens with zero attached hydrogens (tertiary/aromatic N) is 2. The molecular weight excluding hydrogens is 296 g/mol. The van der Waals surface area contributed by atoms with E-state index in [1.54, 1.807) is 26.1 Å². The summed E-state index contributed by atoms with van der Waals surface area (Å²) in [4.78, 5) is 33.2. The van der Waals surface area contributed by atoms with Gasteiger partial charge in [0.2, 0.25) is 0 Å². The van der Waals surface area contributed by atoms with E-state index in [0.29, 0.717) is 28.2 Å². The summed E-state index contributed by atoms with van der Waals surface area (Å²) in [5.41, 5.74) is 2.45. The smallest absolute Gasteiger partial charge is 0.339 e. The summed E-state index contributed by atoms with van der Waals surface area (Å²) in [5.74, 6) is -0.00432. The van der Waals surface area contributed by atoms with Gasteiger partial charge in [0.25, 0.3) is 5.91 Å². The largest absolute Gasteiger partial charge is 0.465 e. The van der Waals surface area contributed by atoms with Crippen molar-refractivity contribution in [2.24, 2.45) is 0 Å². The van der Waals surface area contributed by atoms with E-state index in [1.165, 1.54) is 7.11 Å². The van der Waals surface area contributed by atoms with Crippen molar-refractivity contribution in [1.82, 2.24) is 9.97 Å². The highest BCUT2D eigenvalue weighted by molar-refractivity contribution is 6.06. The molecule has 0 saturated heterocycles. The molecule has 0 fully saturated rings. The van der Waals surface area contributed by atoms with Gasteiger partial charge in [0.05, 0.1) is 24.6 Å². The number of carbonyl (C=O) groups excluding carboxylic acids is 2. The summed E-state index contributed by atoms with van der Waals surface area (Å²) in [6, 6.07) is 3.58. The number of aromatic nitrogens is 2. The molecule has 7 nitrogen and oxygen atoms in total. The lowest BCUT2D eigenvalue weighted by Gasteiger charge is -2.11. The highest BCUT2D eigenvalue weighted by Crippen LogP contribution is 2.20. The quantitative estimate of drug-likeness (QED) is 0.844. The number of methoxy groups -OCH3 is 1. The minimum atomic E-state index is -0.465. The third-order valence-corrected chi connectivity index (χ3v) is 3.52. The first-order valence-corrected chi connectivity index (χ1v) is 7.07. The minimum Gasteiger partial charge on any atom is -0.465 e. The van der Waals surface area contributed by atoms with Gasteiger partial charge < -0.3 is 19.9 Å². The van der Waals surface area contributed by atoms with Crippen molar-refractivity contribution >= 4 is 23.4 Å². The van der Waals surface area contributed by atoms with Crippen molar-refractivity contribution in [1.29, 1.82) is 0 Å². The van der Waals surface area contributed by atoms with Crippen LogP contribution in [-0.4, -0.2) is 43.0 Å². The molecule has 2 heterocycles. The summed E-state index contributed by atoms with van der Waals surface area (Å²) < 4.78 is 4.74. The van der Waals surface area contributed by atoms with Crippen LogP contribution in [0.15, 0.2) is 18.3 Å². The second-order valence-corrected chi connectivity index (χ2v) is 5.37. The van der Waals surface area contributed by atoms with E-state index in [-0.39, 0.29) is 5.91 Å². The lowest BCUT2D eigenvalue weighted by atomic mass is 10.1. The van der Waals surface area contributed by atoms with Crippen LogP contribution in [0, 0.1) is 13.8 Å². The molecule has 2 aromatic rings. The minimum absolute atomic E-state index is 0.333. The Labute approximate surface area is 134 Å². The van der Waals surface area contributed by atoms with Crippen LogP contribution in [0.4, 0.5) is 11.5 Å². The molecule has 23 heavy (non-hydrogen) atoms. The molecule has 0 unspecified atom stereocenters. The van der Waals surface area contributed by atoms with Gasteiger partial charge in [-0.15, -0.1) is 0 Å². The number of rotatable bonds is 4. The number of aryl methyl sites for hydroxylation is 1. The first-order valence-electron chi connectivity index (χ1n) is 7.07. The second kappa shape index (κ2) is 6.51. The molecule has 0 radical (unpaired) electrons. The fraction of sp³-hybridized carbons (Fsp3) is 0.312. The van der Waals surface area contributed by atoms with Gasteiger partial charge in [0.1, 0.15) is 11.5 Å². The van der Waals surface area contributed by atoms with Gasteiger partial charge in [-0.05, 0) is 31.5 Å². The molecule has 0 spiro atoms. The number of esters is 1. The van der Waals surface area contributed by atoms with Crippen LogP contribution in [0.25, 0.3) is 0 Å². The molecule has 0 aliphatic carbocycles. The second-order valence-electron chi connectivity index (χ2n) is 5.37. The zero-order valence-electron chi connectivity index (χ0n) is 13.9. The molecular formula is C16H20N4O3. The summed E-state index contributed by atoms with van der Waals surface area (Å²) in [5, 5.41) is 2.76. The van der Waals surface area contributed by atoms with Crippen molar-refractivity contribution in [3.63, 3.8) is 0 Å². The van der Waals surface area contributed by atoms with Crippen LogP contribution in [0.3, 0.4) is 0 Å². The van der Waals surface area contributed by atoms with Gasteiger partial charge >= 0.3 is 5.97 Å². The van der Waals surface area contributed by atoms with Gasteiger partial charge in [-0.25, -0.2) is 9.78 Å². The number of hydrogen-bond acceptors (Lipinski definition) is 5. The number of pyridine rings is 1. The molecule has 7 heteroatoms. The molecule has 1 amide bonds. The maximum Gasteiger partial charge on any atom is 0.339 e. The van der Waals surface area contributed by atoms with E-state index >= 15 is 0 Å². The van der Waals surface area contributed by atoms with E-state index in [1.807, 2.05) is 25.1 Å². The standard InChI is InChI=1S/C16H20N4O3/c1-9-13(16(22)23-5)10(2)18-14(9)15(21)19-11-6-7-12(17-8-11)20(3)4/h6-8,18H,1-5H3,(H,19,21). The zero-order valence-corrected chi connectivity index (χ0v) is 13.9. The van der Waals surface area contributed by atoms with E-state index in [2.05, 4.69) is 15.3 Å². The summed E-state index contributed by atoms with van der Waals surface area (Å²) in [7, 11) is 5.09. The van der Waals surface area contributed by atoms with Crippen molar-refractivity contribution in [2.45, 2.75) is 13.8 Å².